The molecule has 3 amide bonds. The Labute approximate surface area is 199 Å². The molecule has 8 nitrogen and oxygen atoms in total. The molecule has 0 radical (unpaired) electrons. The van der Waals surface area contributed by atoms with Gasteiger partial charge in [0.15, 0.2) is 0 Å². The van der Waals surface area contributed by atoms with E-state index >= 15 is 0 Å². The van der Waals surface area contributed by atoms with Gasteiger partial charge >= 0.3 is 6.09 Å². The van der Waals surface area contributed by atoms with E-state index in [1.54, 1.807) is 24.4 Å². The van der Waals surface area contributed by atoms with Gasteiger partial charge in [0.25, 0.3) is 5.91 Å². The van der Waals surface area contributed by atoms with E-state index in [9.17, 15) is 23.2 Å². The third-order valence-corrected chi connectivity index (χ3v) is 5.40. The van der Waals surface area contributed by atoms with Gasteiger partial charge in [0.2, 0.25) is 5.91 Å². The molecule has 10 heteroatoms. The number of aromatic nitrogens is 1. The lowest BCUT2D eigenvalue weighted by molar-refractivity contribution is -0.119. The maximum Gasteiger partial charge on any atom is 0.414 e. The number of halogens is 2. The van der Waals surface area contributed by atoms with Gasteiger partial charge in [0.1, 0.15) is 17.7 Å². The highest BCUT2D eigenvalue weighted by Crippen LogP contribution is 2.30. The molecule has 0 spiro atoms. The fourth-order valence-corrected chi connectivity index (χ4v) is 3.64. The molecule has 4 rings (SSSR count). The van der Waals surface area contributed by atoms with E-state index in [-0.39, 0.29) is 47.9 Å². The summed E-state index contributed by atoms with van der Waals surface area (Å²) >= 11 is 0. The quantitative estimate of drug-likeness (QED) is 0.540. The number of carbonyl (C=O) groups is 3. The van der Waals surface area contributed by atoms with E-state index in [1.807, 2.05) is 0 Å². The average molecular weight is 480 g/mol. The number of cyclic esters (lactones) is 1. The Balaban J connectivity index is 1.45. The van der Waals surface area contributed by atoms with Gasteiger partial charge in [-0.25, -0.2) is 13.6 Å². The average Bonchev–Trinajstić information content (AvgIpc) is 3.22. The van der Waals surface area contributed by atoms with E-state index < -0.39 is 29.7 Å². The van der Waals surface area contributed by atoms with E-state index in [0.29, 0.717) is 5.69 Å². The van der Waals surface area contributed by atoms with Crippen LogP contribution < -0.4 is 15.5 Å². The summed E-state index contributed by atoms with van der Waals surface area (Å²) in [5.41, 5.74) is 1.07. The normalized spacial score (nSPS) is 15.0. The van der Waals surface area contributed by atoms with Crippen molar-refractivity contribution in [2.75, 3.05) is 18.0 Å². The summed E-state index contributed by atoms with van der Waals surface area (Å²) < 4.78 is 34.8. The minimum Gasteiger partial charge on any atom is -0.442 e. The van der Waals surface area contributed by atoms with E-state index in [0.717, 1.165) is 12.1 Å². The van der Waals surface area contributed by atoms with Crippen molar-refractivity contribution >= 4 is 23.6 Å². The monoisotopic (exact) mass is 480 g/mol. The number of rotatable bonds is 7. The van der Waals surface area contributed by atoms with Gasteiger partial charge in [0.05, 0.1) is 36.6 Å². The van der Waals surface area contributed by atoms with Crippen LogP contribution in [0.15, 0.2) is 60.8 Å². The van der Waals surface area contributed by atoms with Crippen molar-refractivity contribution in [3.05, 3.63) is 83.7 Å². The predicted octanol–water partition coefficient (Wildman–Crippen LogP) is 3.42. The van der Waals surface area contributed by atoms with Crippen LogP contribution in [0.1, 0.15) is 23.0 Å². The number of benzene rings is 2. The zero-order valence-electron chi connectivity index (χ0n) is 18.8. The van der Waals surface area contributed by atoms with Crippen LogP contribution >= 0.6 is 0 Å². The van der Waals surface area contributed by atoms with Crippen molar-refractivity contribution in [3.8, 4) is 11.1 Å². The summed E-state index contributed by atoms with van der Waals surface area (Å²) in [4.78, 5) is 40.9. The number of hydrogen-bond acceptors (Lipinski definition) is 5. The van der Waals surface area contributed by atoms with Gasteiger partial charge in [-0.05, 0) is 48.0 Å². The van der Waals surface area contributed by atoms with Crippen LogP contribution in [0.3, 0.4) is 0 Å². The molecule has 1 aromatic heterocycles. The second-order valence-electron chi connectivity index (χ2n) is 7.92. The van der Waals surface area contributed by atoms with Gasteiger partial charge in [-0.15, -0.1) is 0 Å². The first-order valence-corrected chi connectivity index (χ1v) is 10.8. The van der Waals surface area contributed by atoms with Crippen LogP contribution in [0.25, 0.3) is 11.1 Å². The summed E-state index contributed by atoms with van der Waals surface area (Å²) in [6.07, 6.45) is 0.382. The number of amides is 3. The van der Waals surface area contributed by atoms with Crippen molar-refractivity contribution in [2.45, 2.75) is 19.6 Å². The number of nitrogens with zero attached hydrogens (tertiary/aromatic N) is 2. The fraction of sp³-hybridized carbons (Fsp3) is 0.200. The minimum absolute atomic E-state index is 0.107. The first-order chi connectivity index (χ1) is 16.8. The molecule has 3 aromatic rings. The first-order valence-electron chi connectivity index (χ1n) is 10.8. The predicted molar refractivity (Wildman–Crippen MR) is 123 cm³/mol. The van der Waals surface area contributed by atoms with E-state index in [4.69, 9.17) is 4.74 Å². The fourth-order valence-electron chi connectivity index (χ4n) is 3.64. The molecule has 2 N–H and O–H groups in total. The molecule has 1 atom stereocenters. The Morgan fingerprint density at radius 2 is 1.91 bits per heavy atom. The van der Waals surface area contributed by atoms with Crippen molar-refractivity contribution in [1.82, 2.24) is 15.6 Å². The lowest BCUT2D eigenvalue weighted by atomic mass is 10.0. The van der Waals surface area contributed by atoms with Gasteiger partial charge in [0, 0.05) is 18.7 Å². The van der Waals surface area contributed by atoms with E-state index in [1.165, 1.54) is 36.1 Å². The van der Waals surface area contributed by atoms with Crippen molar-refractivity contribution < 1.29 is 27.9 Å². The third-order valence-electron chi connectivity index (χ3n) is 5.40. The number of anilines is 1. The summed E-state index contributed by atoms with van der Waals surface area (Å²) in [6.45, 7) is 1.79. The molecule has 2 aromatic carbocycles. The molecule has 0 bridgehead atoms. The number of pyridine rings is 1. The molecule has 35 heavy (non-hydrogen) atoms. The summed E-state index contributed by atoms with van der Waals surface area (Å²) in [6, 6.07) is 13.2. The van der Waals surface area contributed by atoms with Crippen LogP contribution in [-0.2, 0) is 16.1 Å². The second kappa shape index (κ2) is 10.3. The molecule has 1 saturated heterocycles. The molecule has 1 aliphatic heterocycles. The Bertz CT molecular complexity index is 1270. The highest BCUT2D eigenvalue weighted by molar-refractivity contribution is 5.95. The van der Waals surface area contributed by atoms with Crippen molar-refractivity contribution in [1.29, 1.82) is 0 Å². The van der Waals surface area contributed by atoms with Gasteiger partial charge in [-0.2, -0.15) is 0 Å². The Morgan fingerprint density at radius 3 is 2.60 bits per heavy atom. The van der Waals surface area contributed by atoms with Crippen molar-refractivity contribution in [3.63, 3.8) is 0 Å². The molecule has 0 aliphatic carbocycles. The second-order valence-corrected chi connectivity index (χ2v) is 7.92. The SMILES string of the molecule is CC(=O)NCC1CN(c2ccc(-c3ccc(C(=O)NCc4ccccn4)c(F)c3)c(F)c2)C(=O)O1. The standard InChI is InChI=1S/C25H22F2N4O4/c1-15(32)29-13-19-14-31(25(34)35-19)18-6-8-20(23(27)11-18)16-5-7-21(22(26)10-16)24(33)30-12-17-4-2-3-9-28-17/h2-11,19H,12-14H2,1H3,(H,29,32)(H,30,33). The lowest BCUT2D eigenvalue weighted by Crippen LogP contribution is -2.33. The van der Waals surface area contributed by atoms with Crippen LogP contribution in [0.4, 0.5) is 19.3 Å². The van der Waals surface area contributed by atoms with Gasteiger partial charge in [-0.3, -0.25) is 19.5 Å². The highest BCUT2D eigenvalue weighted by atomic mass is 19.1. The summed E-state index contributed by atoms with van der Waals surface area (Å²) in [5.74, 6) is -2.34. The number of ether oxygens (including phenoxy) is 1. The zero-order chi connectivity index (χ0) is 24.9. The minimum atomic E-state index is -0.798. The lowest BCUT2D eigenvalue weighted by Gasteiger charge is -2.15. The highest BCUT2D eigenvalue weighted by Gasteiger charge is 2.32. The van der Waals surface area contributed by atoms with Crippen LogP contribution in [0.2, 0.25) is 0 Å². The smallest absolute Gasteiger partial charge is 0.414 e. The van der Waals surface area contributed by atoms with Crippen LogP contribution in [-0.4, -0.2) is 42.1 Å². The largest absolute Gasteiger partial charge is 0.442 e. The maximum atomic E-state index is 14.9. The number of nitrogens with one attached hydrogen (secondary N) is 2. The first kappa shape index (κ1) is 23.8. The molecule has 1 fully saturated rings. The molecule has 1 aliphatic rings. The van der Waals surface area contributed by atoms with E-state index in [2.05, 4.69) is 15.6 Å². The third kappa shape index (κ3) is 5.60. The summed E-state index contributed by atoms with van der Waals surface area (Å²) in [5, 5.41) is 5.17. The molecule has 2 heterocycles. The van der Waals surface area contributed by atoms with Crippen LogP contribution in [0, 0.1) is 11.6 Å². The topological polar surface area (TPSA) is 101 Å². The summed E-state index contributed by atoms with van der Waals surface area (Å²) in [7, 11) is 0. The number of hydrogen-bond donors (Lipinski definition) is 2. The Hall–Kier alpha value is -4.34. The molecule has 0 saturated carbocycles. The zero-order valence-corrected chi connectivity index (χ0v) is 18.8. The number of carbonyl (C=O) groups excluding carboxylic acids is 3. The van der Waals surface area contributed by atoms with Crippen molar-refractivity contribution in [2.24, 2.45) is 0 Å². The Morgan fingerprint density at radius 1 is 1.09 bits per heavy atom. The molecular formula is C25H22F2N4O4. The van der Waals surface area contributed by atoms with Crippen LogP contribution in [0.5, 0.6) is 0 Å². The maximum absolute atomic E-state index is 14.9. The van der Waals surface area contributed by atoms with Gasteiger partial charge < -0.3 is 15.4 Å². The Kier molecular flexibility index (Phi) is 7.00. The molecule has 180 valence electrons. The molecular weight excluding hydrogens is 458 g/mol. The van der Waals surface area contributed by atoms with Gasteiger partial charge in [-0.1, -0.05) is 12.1 Å². The molecule has 1 unspecified atom stereocenters.